The van der Waals surface area contributed by atoms with Gasteiger partial charge in [0.1, 0.15) is 5.82 Å². The Morgan fingerprint density at radius 2 is 1.81 bits per heavy atom. The zero-order valence-corrected chi connectivity index (χ0v) is 13.1. The average Bonchev–Trinajstić information content (AvgIpc) is 2.38. The second-order valence-corrected chi connectivity index (χ2v) is 5.45. The van der Waals surface area contributed by atoms with E-state index in [4.69, 9.17) is 28.9 Å². The molecule has 2 rings (SSSR count). The van der Waals surface area contributed by atoms with E-state index >= 15 is 0 Å². The first-order valence-electron chi connectivity index (χ1n) is 5.31. The molecule has 1 aromatic carbocycles. The van der Waals surface area contributed by atoms with Gasteiger partial charge in [0, 0.05) is 10.5 Å². The Morgan fingerprint density at radius 3 is 2.43 bits per heavy atom. The number of hydrogen-bond acceptors (Lipinski definition) is 4. The minimum Gasteiger partial charge on any atom is -0.368 e. The first-order chi connectivity index (χ1) is 9.68. The standard InChI is InChI=1S/C11H6BrCl2F3N4/c12-4-1-2-5(9(14)8(4)13)19-7-3-6(11(15,16)17)20-10(18)21-7/h1-3H,(H3,18,19,20,21). The van der Waals surface area contributed by atoms with Crippen molar-refractivity contribution < 1.29 is 13.2 Å². The average molecular weight is 402 g/mol. The number of halogens is 6. The molecule has 4 nitrogen and oxygen atoms in total. The topological polar surface area (TPSA) is 63.8 Å². The molecule has 0 saturated carbocycles. The maximum absolute atomic E-state index is 12.7. The zero-order valence-electron chi connectivity index (χ0n) is 9.97. The van der Waals surface area contributed by atoms with Gasteiger partial charge in [0.15, 0.2) is 5.69 Å². The van der Waals surface area contributed by atoms with Crippen LogP contribution in [0.25, 0.3) is 0 Å². The molecular weight excluding hydrogens is 396 g/mol. The van der Waals surface area contributed by atoms with E-state index in [1.807, 2.05) is 0 Å². The van der Waals surface area contributed by atoms with Gasteiger partial charge in [-0.3, -0.25) is 0 Å². The molecule has 0 saturated heterocycles. The second-order valence-electron chi connectivity index (χ2n) is 3.84. The second kappa shape index (κ2) is 5.86. The molecule has 0 radical (unpaired) electrons. The van der Waals surface area contributed by atoms with E-state index in [1.165, 1.54) is 6.07 Å². The first-order valence-corrected chi connectivity index (χ1v) is 6.85. The largest absolute Gasteiger partial charge is 0.433 e. The summed E-state index contributed by atoms with van der Waals surface area (Å²) < 4.78 is 38.5. The smallest absolute Gasteiger partial charge is 0.368 e. The highest BCUT2D eigenvalue weighted by Crippen LogP contribution is 2.37. The van der Waals surface area contributed by atoms with Crippen molar-refractivity contribution in [2.45, 2.75) is 6.18 Å². The van der Waals surface area contributed by atoms with E-state index in [0.717, 1.165) is 6.07 Å². The maximum atomic E-state index is 12.7. The van der Waals surface area contributed by atoms with Crippen LogP contribution in [-0.2, 0) is 6.18 Å². The van der Waals surface area contributed by atoms with Gasteiger partial charge in [-0.25, -0.2) is 4.98 Å². The molecule has 0 spiro atoms. The summed E-state index contributed by atoms with van der Waals surface area (Å²) in [4.78, 5) is 6.81. The van der Waals surface area contributed by atoms with Crippen LogP contribution in [0.2, 0.25) is 10.0 Å². The lowest BCUT2D eigenvalue weighted by Crippen LogP contribution is -2.12. The predicted octanol–water partition coefficient (Wildman–Crippen LogP) is 4.89. The highest BCUT2D eigenvalue weighted by atomic mass is 79.9. The van der Waals surface area contributed by atoms with Crippen molar-refractivity contribution in [2.75, 3.05) is 11.1 Å². The lowest BCUT2D eigenvalue weighted by atomic mass is 10.3. The number of nitrogens with zero attached hydrogens (tertiary/aromatic N) is 2. The van der Waals surface area contributed by atoms with E-state index in [1.54, 1.807) is 6.07 Å². The number of hydrogen-bond donors (Lipinski definition) is 2. The third-order valence-corrected chi connectivity index (χ3v) is 4.10. The molecule has 21 heavy (non-hydrogen) atoms. The number of rotatable bonds is 2. The van der Waals surface area contributed by atoms with Gasteiger partial charge in [-0.1, -0.05) is 23.2 Å². The Bertz CT molecular complexity index is 694. The van der Waals surface area contributed by atoms with Gasteiger partial charge in [-0.2, -0.15) is 18.2 Å². The summed E-state index contributed by atoms with van der Waals surface area (Å²) in [6, 6.07) is 3.85. The van der Waals surface area contributed by atoms with Gasteiger partial charge < -0.3 is 11.1 Å². The SMILES string of the molecule is Nc1nc(Nc2ccc(Br)c(Cl)c2Cl)cc(C(F)(F)F)n1. The van der Waals surface area contributed by atoms with Crippen molar-refractivity contribution in [1.82, 2.24) is 9.97 Å². The molecule has 0 atom stereocenters. The molecule has 10 heteroatoms. The predicted molar refractivity (Wildman–Crippen MR) is 78.9 cm³/mol. The van der Waals surface area contributed by atoms with Gasteiger partial charge in [0.05, 0.1) is 15.7 Å². The molecular formula is C11H6BrCl2F3N4. The van der Waals surface area contributed by atoms with Gasteiger partial charge in [-0.15, -0.1) is 0 Å². The molecule has 0 amide bonds. The van der Waals surface area contributed by atoms with Gasteiger partial charge in [-0.05, 0) is 28.1 Å². The zero-order chi connectivity index (χ0) is 15.8. The van der Waals surface area contributed by atoms with E-state index < -0.39 is 17.8 Å². The third kappa shape index (κ3) is 3.69. The Morgan fingerprint density at radius 1 is 1.14 bits per heavy atom. The minimum absolute atomic E-state index is 0.136. The summed E-state index contributed by atoms with van der Waals surface area (Å²) in [6.45, 7) is 0. The fourth-order valence-corrected chi connectivity index (χ4v) is 2.26. The monoisotopic (exact) mass is 400 g/mol. The highest BCUT2D eigenvalue weighted by molar-refractivity contribution is 9.10. The summed E-state index contributed by atoms with van der Waals surface area (Å²) in [6.07, 6.45) is -4.63. The van der Waals surface area contributed by atoms with Gasteiger partial charge >= 0.3 is 6.18 Å². The van der Waals surface area contributed by atoms with Crippen molar-refractivity contribution in [1.29, 1.82) is 0 Å². The number of benzene rings is 1. The van der Waals surface area contributed by atoms with Crippen LogP contribution in [0.1, 0.15) is 5.69 Å². The van der Waals surface area contributed by atoms with Crippen molar-refractivity contribution in [2.24, 2.45) is 0 Å². The molecule has 112 valence electrons. The van der Waals surface area contributed by atoms with E-state index in [0.29, 0.717) is 4.47 Å². The molecule has 0 aliphatic heterocycles. The lowest BCUT2D eigenvalue weighted by Gasteiger charge is -2.12. The fraction of sp³-hybridized carbons (Fsp3) is 0.0909. The van der Waals surface area contributed by atoms with Crippen molar-refractivity contribution in [3.05, 3.63) is 38.4 Å². The van der Waals surface area contributed by atoms with Crippen LogP contribution in [0.5, 0.6) is 0 Å². The molecule has 0 unspecified atom stereocenters. The summed E-state index contributed by atoms with van der Waals surface area (Å²) in [5, 5.41) is 2.98. The number of alkyl halides is 3. The molecule has 0 aliphatic rings. The van der Waals surface area contributed by atoms with E-state index in [9.17, 15) is 13.2 Å². The summed E-state index contributed by atoms with van der Waals surface area (Å²) in [5.41, 5.74) is 4.41. The minimum atomic E-state index is -4.63. The summed E-state index contributed by atoms with van der Waals surface area (Å²) >= 11 is 15.1. The van der Waals surface area contributed by atoms with Crippen LogP contribution in [0, 0.1) is 0 Å². The molecule has 0 bridgehead atoms. The third-order valence-electron chi connectivity index (χ3n) is 2.33. The number of nitrogens with one attached hydrogen (secondary N) is 1. The van der Waals surface area contributed by atoms with Crippen LogP contribution in [0.3, 0.4) is 0 Å². The number of nitrogens with two attached hydrogens (primary N) is 1. The molecule has 1 aromatic heterocycles. The molecule has 0 fully saturated rings. The normalized spacial score (nSPS) is 11.5. The van der Waals surface area contributed by atoms with Crippen molar-refractivity contribution >= 4 is 56.6 Å². The molecule has 1 heterocycles. The lowest BCUT2D eigenvalue weighted by molar-refractivity contribution is -0.141. The number of anilines is 3. The number of aromatic nitrogens is 2. The van der Waals surface area contributed by atoms with E-state index in [-0.39, 0.29) is 21.6 Å². The Labute approximate surface area is 135 Å². The van der Waals surface area contributed by atoms with Crippen LogP contribution >= 0.6 is 39.1 Å². The summed E-state index contributed by atoms with van der Waals surface area (Å²) in [7, 11) is 0. The Hall–Kier alpha value is -1.25. The van der Waals surface area contributed by atoms with Gasteiger partial charge in [0.25, 0.3) is 0 Å². The van der Waals surface area contributed by atoms with Crippen LogP contribution in [-0.4, -0.2) is 9.97 Å². The quantitative estimate of drug-likeness (QED) is 0.703. The van der Waals surface area contributed by atoms with E-state index in [2.05, 4.69) is 31.2 Å². The highest BCUT2D eigenvalue weighted by Gasteiger charge is 2.33. The van der Waals surface area contributed by atoms with Crippen molar-refractivity contribution in [3.8, 4) is 0 Å². The molecule has 0 aliphatic carbocycles. The Kier molecular flexibility index (Phi) is 4.50. The van der Waals surface area contributed by atoms with Crippen LogP contribution in [0.15, 0.2) is 22.7 Å². The molecule has 3 N–H and O–H groups in total. The number of nitrogen functional groups attached to an aromatic ring is 1. The first kappa shape index (κ1) is 16.1. The van der Waals surface area contributed by atoms with Gasteiger partial charge in [0.2, 0.25) is 5.95 Å². The van der Waals surface area contributed by atoms with Crippen molar-refractivity contribution in [3.63, 3.8) is 0 Å². The van der Waals surface area contributed by atoms with Crippen LogP contribution in [0.4, 0.5) is 30.6 Å². The fourth-order valence-electron chi connectivity index (χ4n) is 1.44. The summed E-state index contributed by atoms with van der Waals surface area (Å²) in [5.74, 6) is -0.651. The van der Waals surface area contributed by atoms with Crippen LogP contribution < -0.4 is 11.1 Å². The Balaban J connectivity index is 2.41. The maximum Gasteiger partial charge on any atom is 0.433 e. The molecule has 2 aromatic rings.